The van der Waals surface area contributed by atoms with Crippen LogP contribution in [0.1, 0.15) is 18.9 Å². The predicted octanol–water partition coefficient (Wildman–Crippen LogP) is 2.86. The van der Waals surface area contributed by atoms with E-state index in [0.717, 1.165) is 24.9 Å². The van der Waals surface area contributed by atoms with Crippen LogP contribution in [0.25, 0.3) is 0 Å². The number of hydrogen-bond donors (Lipinski definition) is 0. The van der Waals surface area contributed by atoms with Gasteiger partial charge in [0.25, 0.3) is 0 Å². The zero-order valence-corrected chi connectivity index (χ0v) is 9.80. The molecule has 0 spiro atoms. The number of carbonyl (C=O) groups excluding carboxylic acids is 1. The first-order valence-electron chi connectivity index (χ1n) is 5.66. The highest BCUT2D eigenvalue weighted by molar-refractivity contribution is 5.47. The van der Waals surface area contributed by atoms with Crippen molar-refractivity contribution in [2.75, 3.05) is 6.54 Å². The molecule has 1 rings (SSSR count). The SMILES string of the molecule is C=CC(CC)CN(C=O)Cc1ccccc1. The van der Waals surface area contributed by atoms with E-state index in [2.05, 4.69) is 13.5 Å². The summed E-state index contributed by atoms with van der Waals surface area (Å²) in [5.41, 5.74) is 1.16. The standard InChI is InChI=1S/C14H19NO/c1-3-13(4-2)10-15(12-16)11-14-8-6-5-7-9-14/h3,5-9,12-13H,1,4,10-11H2,2H3. The number of amides is 1. The molecule has 1 atom stereocenters. The first-order valence-corrected chi connectivity index (χ1v) is 5.66. The molecular weight excluding hydrogens is 198 g/mol. The van der Waals surface area contributed by atoms with Crippen LogP contribution in [-0.4, -0.2) is 17.9 Å². The predicted molar refractivity (Wildman–Crippen MR) is 66.9 cm³/mol. The molecule has 0 bridgehead atoms. The molecular formula is C14H19NO. The highest BCUT2D eigenvalue weighted by Crippen LogP contribution is 2.09. The van der Waals surface area contributed by atoms with Crippen LogP contribution < -0.4 is 0 Å². The lowest BCUT2D eigenvalue weighted by molar-refractivity contribution is -0.119. The first-order chi connectivity index (χ1) is 7.80. The summed E-state index contributed by atoms with van der Waals surface area (Å²) >= 11 is 0. The van der Waals surface area contributed by atoms with E-state index < -0.39 is 0 Å². The van der Waals surface area contributed by atoms with Gasteiger partial charge in [0.15, 0.2) is 0 Å². The summed E-state index contributed by atoms with van der Waals surface area (Å²) in [4.78, 5) is 12.8. The zero-order chi connectivity index (χ0) is 11.8. The van der Waals surface area contributed by atoms with Gasteiger partial charge in [0.05, 0.1) is 0 Å². The molecule has 0 fully saturated rings. The van der Waals surface area contributed by atoms with E-state index >= 15 is 0 Å². The quantitative estimate of drug-likeness (QED) is 0.508. The van der Waals surface area contributed by atoms with E-state index in [1.165, 1.54) is 0 Å². The van der Waals surface area contributed by atoms with Crippen molar-refractivity contribution in [2.24, 2.45) is 5.92 Å². The molecule has 0 aliphatic heterocycles. The summed E-state index contributed by atoms with van der Waals surface area (Å²) in [6.45, 7) is 7.32. The van der Waals surface area contributed by atoms with Crippen LogP contribution in [0.15, 0.2) is 43.0 Å². The first kappa shape index (κ1) is 12.5. The van der Waals surface area contributed by atoms with E-state index in [9.17, 15) is 4.79 Å². The van der Waals surface area contributed by atoms with Crippen LogP contribution in [0.2, 0.25) is 0 Å². The molecule has 0 radical (unpaired) electrons. The molecule has 0 saturated heterocycles. The van der Waals surface area contributed by atoms with Gasteiger partial charge in [0.1, 0.15) is 0 Å². The molecule has 1 aromatic carbocycles. The van der Waals surface area contributed by atoms with Crippen LogP contribution in [0, 0.1) is 5.92 Å². The van der Waals surface area contributed by atoms with Crippen molar-refractivity contribution in [1.29, 1.82) is 0 Å². The summed E-state index contributed by atoms with van der Waals surface area (Å²) in [7, 11) is 0. The molecule has 0 aromatic heterocycles. The smallest absolute Gasteiger partial charge is 0.210 e. The fourth-order valence-electron chi connectivity index (χ4n) is 1.63. The third-order valence-electron chi connectivity index (χ3n) is 2.70. The van der Waals surface area contributed by atoms with Gasteiger partial charge in [-0.2, -0.15) is 0 Å². The van der Waals surface area contributed by atoms with Crippen LogP contribution in [0.5, 0.6) is 0 Å². The minimum Gasteiger partial charge on any atom is -0.340 e. The molecule has 0 N–H and O–H groups in total. The second-order valence-electron chi connectivity index (χ2n) is 3.92. The highest BCUT2D eigenvalue weighted by atomic mass is 16.1. The lowest BCUT2D eigenvalue weighted by Gasteiger charge is -2.21. The monoisotopic (exact) mass is 217 g/mol. The Labute approximate surface area is 97.6 Å². The molecule has 0 aliphatic carbocycles. The average Bonchev–Trinajstić information content (AvgIpc) is 2.35. The lowest BCUT2D eigenvalue weighted by atomic mass is 10.1. The van der Waals surface area contributed by atoms with Gasteiger partial charge in [-0.1, -0.05) is 43.3 Å². The lowest BCUT2D eigenvalue weighted by Crippen LogP contribution is -2.26. The summed E-state index contributed by atoms with van der Waals surface area (Å²) in [5, 5.41) is 0. The molecule has 0 heterocycles. The fourth-order valence-corrected chi connectivity index (χ4v) is 1.63. The van der Waals surface area contributed by atoms with Crippen LogP contribution in [0.3, 0.4) is 0 Å². The molecule has 16 heavy (non-hydrogen) atoms. The molecule has 1 amide bonds. The van der Waals surface area contributed by atoms with Crippen molar-refractivity contribution in [3.8, 4) is 0 Å². The molecule has 2 heteroatoms. The van der Waals surface area contributed by atoms with Crippen molar-refractivity contribution in [2.45, 2.75) is 19.9 Å². The van der Waals surface area contributed by atoms with Gasteiger partial charge >= 0.3 is 0 Å². The number of nitrogens with zero attached hydrogens (tertiary/aromatic N) is 1. The van der Waals surface area contributed by atoms with E-state index in [1.807, 2.05) is 36.4 Å². The van der Waals surface area contributed by atoms with Gasteiger partial charge in [0.2, 0.25) is 6.41 Å². The summed E-state index contributed by atoms with van der Waals surface area (Å²) in [6, 6.07) is 10.0. The van der Waals surface area contributed by atoms with Gasteiger partial charge < -0.3 is 4.90 Å². The van der Waals surface area contributed by atoms with Crippen molar-refractivity contribution >= 4 is 6.41 Å². The van der Waals surface area contributed by atoms with Crippen molar-refractivity contribution in [3.63, 3.8) is 0 Å². The van der Waals surface area contributed by atoms with Crippen LogP contribution in [-0.2, 0) is 11.3 Å². The largest absolute Gasteiger partial charge is 0.340 e. The van der Waals surface area contributed by atoms with Gasteiger partial charge in [-0.25, -0.2) is 0 Å². The third kappa shape index (κ3) is 3.89. The van der Waals surface area contributed by atoms with E-state index in [4.69, 9.17) is 0 Å². The molecule has 86 valence electrons. The molecule has 1 unspecified atom stereocenters. The molecule has 0 saturated carbocycles. The summed E-state index contributed by atoms with van der Waals surface area (Å²) in [5.74, 6) is 0.383. The zero-order valence-electron chi connectivity index (χ0n) is 9.80. The topological polar surface area (TPSA) is 20.3 Å². The Hall–Kier alpha value is -1.57. The maximum atomic E-state index is 11.0. The molecule has 1 aromatic rings. The second kappa shape index (κ2) is 6.83. The summed E-state index contributed by atoms with van der Waals surface area (Å²) in [6.07, 6.45) is 3.85. The Morgan fingerprint density at radius 2 is 2.06 bits per heavy atom. The van der Waals surface area contributed by atoms with Crippen LogP contribution >= 0.6 is 0 Å². The number of benzene rings is 1. The number of hydrogen-bond acceptors (Lipinski definition) is 1. The van der Waals surface area contributed by atoms with Crippen molar-refractivity contribution in [3.05, 3.63) is 48.6 Å². The average molecular weight is 217 g/mol. The normalized spacial score (nSPS) is 11.8. The minimum absolute atomic E-state index is 0.383. The number of rotatable bonds is 7. The Balaban J connectivity index is 2.55. The van der Waals surface area contributed by atoms with Crippen LogP contribution in [0.4, 0.5) is 0 Å². The maximum Gasteiger partial charge on any atom is 0.210 e. The Bertz CT molecular complexity index is 321. The maximum absolute atomic E-state index is 11.0. The Morgan fingerprint density at radius 1 is 1.38 bits per heavy atom. The van der Waals surface area contributed by atoms with Gasteiger partial charge in [-0.05, 0) is 17.9 Å². The fraction of sp³-hybridized carbons (Fsp3) is 0.357. The Morgan fingerprint density at radius 3 is 2.56 bits per heavy atom. The van der Waals surface area contributed by atoms with E-state index in [1.54, 1.807) is 4.90 Å². The highest BCUT2D eigenvalue weighted by Gasteiger charge is 2.08. The van der Waals surface area contributed by atoms with Gasteiger partial charge in [0, 0.05) is 13.1 Å². The van der Waals surface area contributed by atoms with Gasteiger partial charge in [-0.3, -0.25) is 4.79 Å². The summed E-state index contributed by atoms with van der Waals surface area (Å²) < 4.78 is 0. The van der Waals surface area contributed by atoms with Crippen molar-refractivity contribution < 1.29 is 4.79 Å². The second-order valence-corrected chi connectivity index (χ2v) is 3.92. The molecule has 2 nitrogen and oxygen atoms in total. The van der Waals surface area contributed by atoms with Crippen molar-refractivity contribution in [1.82, 2.24) is 4.90 Å². The third-order valence-corrected chi connectivity index (χ3v) is 2.70. The van der Waals surface area contributed by atoms with E-state index in [-0.39, 0.29) is 0 Å². The van der Waals surface area contributed by atoms with Gasteiger partial charge in [-0.15, -0.1) is 6.58 Å². The molecule has 0 aliphatic rings. The number of carbonyl (C=O) groups is 1. The van der Waals surface area contributed by atoms with E-state index in [0.29, 0.717) is 12.5 Å². The Kier molecular flexibility index (Phi) is 5.34. The minimum atomic E-state index is 0.383.